The standard InChI is InChI=1S/C15H38N6/c1-18(2)14(19(3)4)12-16-10-9-11-17-13-15(20(5)6)21(7)8/h14-17H,9-13H2,1-8H3. The molecule has 128 valence electrons. The van der Waals surface area contributed by atoms with Gasteiger partial charge >= 0.3 is 0 Å². The fourth-order valence-corrected chi connectivity index (χ4v) is 2.45. The lowest BCUT2D eigenvalue weighted by Gasteiger charge is -2.31. The lowest BCUT2D eigenvalue weighted by molar-refractivity contribution is 0.125. The maximum atomic E-state index is 3.54. The molecule has 0 fully saturated rings. The van der Waals surface area contributed by atoms with Gasteiger partial charge < -0.3 is 10.6 Å². The molecule has 0 aromatic heterocycles. The number of likely N-dealkylation sites (N-methyl/N-ethyl adjacent to an activating group) is 4. The molecular formula is C15H38N6. The van der Waals surface area contributed by atoms with Gasteiger partial charge in [-0.25, -0.2) is 0 Å². The first-order valence-electron chi connectivity index (χ1n) is 7.84. The van der Waals surface area contributed by atoms with E-state index in [-0.39, 0.29) is 0 Å². The van der Waals surface area contributed by atoms with Gasteiger partial charge in [-0.2, -0.15) is 0 Å². The zero-order chi connectivity index (χ0) is 16.4. The Hall–Kier alpha value is -0.240. The fraction of sp³-hybridized carbons (Fsp3) is 1.00. The molecule has 6 heteroatoms. The molecule has 0 spiro atoms. The molecule has 0 aliphatic rings. The van der Waals surface area contributed by atoms with Crippen molar-refractivity contribution in [1.82, 2.24) is 30.2 Å². The molecule has 21 heavy (non-hydrogen) atoms. The highest BCUT2D eigenvalue weighted by Gasteiger charge is 2.13. The zero-order valence-electron chi connectivity index (χ0n) is 15.5. The third-order valence-corrected chi connectivity index (χ3v) is 3.75. The van der Waals surface area contributed by atoms with Gasteiger partial charge in [0.1, 0.15) is 0 Å². The third kappa shape index (κ3) is 9.39. The van der Waals surface area contributed by atoms with E-state index in [1.165, 1.54) is 0 Å². The second kappa shape index (κ2) is 11.3. The number of hydrogen-bond donors (Lipinski definition) is 2. The van der Waals surface area contributed by atoms with Crippen molar-refractivity contribution < 1.29 is 0 Å². The smallest absolute Gasteiger partial charge is 0.0741 e. The van der Waals surface area contributed by atoms with Crippen molar-refractivity contribution in [2.75, 3.05) is 82.6 Å². The molecule has 0 heterocycles. The van der Waals surface area contributed by atoms with Crippen molar-refractivity contribution in [2.45, 2.75) is 18.8 Å². The Kier molecular flexibility index (Phi) is 11.2. The van der Waals surface area contributed by atoms with Crippen LogP contribution in [0.15, 0.2) is 0 Å². The summed E-state index contributed by atoms with van der Waals surface area (Å²) < 4.78 is 0. The highest BCUT2D eigenvalue weighted by atomic mass is 15.3. The van der Waals surface area contributed by atoms with E-state index in [1.807, 2.05) is 0 Å². The lowest BCUT2D eigenvalue weighted by Crippen LogP contribution is -2.48. The predicted octanol–water partition coefficient (Wildman–Crippen LogP) is -0.546. The van der Waals surface area contributed by atoms with Crippen LogP contribution in [-0.4, -0.2) is 114 Å². The van der Waals surface area contributed by atoms with E-state index in [2.05, 4.69) is 86.6 Å². The molecule has 0 unspecified atom stereocenters. The van der Waals surface area contributed by atoms with E-state index in [4.69, 9.17) is 0 Å². The van der Waals surface area contributed by atoms with Crippen molar-refractivity contribution in [1.29, 1.82) is 0 Å². The maximum absolute atomic E-state index is 3.54. The van der Waals surface area contributed by atoms with Gasteiger partial charge in [0.05, 0.1) is 12.3 Å². The first-order valence-corrected chi connectivity index (χ1v) is 7.84. The molecule has 6 nitrogen and oxygen atoms in total. The minimum absolute atomic E-state index is 0.449. The van der Waals surface area contributed by atoms with Crippen LogP contribution < -0.4 is 10.6 Å². The molecule has 2 N–H and O–H groups in total. The van der Waals surface area contributed by atoms with Crippen molar-refractivity contribution >= 4 is 0 Å². The van der Waals surface area contributed by atoms with Crippen LogP contribution >= 0.6 is 0 Å². The first kappa shape index (κ1) is 20.8. The Morgan fingerprint density at radius 3 is 1.10 bits per heavy atom. The van der Waals surface area contributed by atoms with E-state index in [0.717, 1.165) is 32.6 Å². The van der Waals surface area contributed by atoms with Crippen LogP contribution in [0.5, 0.6) is 0 Å². The van der Waals surface area contributed by atoms with Crippen LogP contribution in [0.25, 0.3) is 0 Å². The number of nitrogens with zero attached hydrogens (tertiary/aromatic N) is 4. The van der Waals surface area contributed by atoms with Crippen molar-refractivity contribution in [3.63, 3.8) is 0 Å². The molecule has 0 radical (unpaired) electrons. The van der Waals surface area contributed by atoms with E-state index in [0.29, 0.717) is 12.3 Å². The van der Waals surface area contributed by atoms with Crippen LogP contribution in [0.3, 0.4) is 0 Å². The van der Waals surface area contributed by atoms with Crippen LogP contribution in [0, 0.1) is 0 Å². The summed E-state index contributed by atoms with van der Waals surface area (Å²) in [6, 6.07) is 0. The highest BCUT2D eigenvalue weighted by molar-refractivity contribution is 4.68. The number of rotatable bonds is 12. The molecule has 0 aromatic rings. The van der Waals surface area contributed by atoms with Gasteiger partial charge in [-0.3, -0.25) is 19.6 Å². The summed E-state index contributed by atoms with van der Waals surface area (Å²) in [6.45, 7) is 4.11. The summed E-state index contributed by atoms with van der Waals surface area (Å²) in [5.74, 6) is 0. The van der Waals surface area contributed by atoms with Crippen molar-refractivity contribution in [2.24, 2.45) is 0 Å². The fourth-order valence-electron chi connectivity index (χ4n) is 2.45. The van der Waals surface area contributed by atoms with Crippen LogP contribution in [0.1, 0.15) is 6.42 Å². The van der Waals surface area contributed by atoms with Gasteiger partial charge in [-0.15, -0.1) is 0 Å². The summed E-state index contributed by atoms with van der Waals surface area (Å²) >= 11 is 0. The second-order valence-corrected chi connectivity index (χ2v) is 6.58. The van der Waals surface area contributed by atoms with Gasteiger partial charge in [0.2, 0.25) is 0 Å². The van der Waals surface area contributed by atoms with Crippen molar-refractivity contribution in [3.05, 3.63) is 0 Å². The molecule has 0 rings (SSSR count). The summed E-state index contributed by atoms with van der Waals surface area (Å²) in [4.78, 5) is 8.96. The molecule has 0 saturated carbocycles. The predicted molar refractivity (Wildman–Crippen MR) is 92.7 cm³/mol. The molecule has 0 amide bonds. The van der Waals surface area contributed by atoms with Crippen molar-refractivity contribution in [3.8, 4) is 0 Å². The normalized spacial score (nSPS) is 12.9. The average Bonchev–Trinajstić information content (AvgIpc) is 2.34. The summed E-state index contributed by atoms with van der Waals surface area (Å²) in [7, 11) is 17.0. The Labute approximate surface area is 132 Å². The number of hydrogen-bond acceptors (Lipinski definition) is 6. The number of nitrogens with one attached hydrogen (secondary N) is 2. The lowest BCUT2D eigenvalue weighted by atomic mass is 10.3. The monoisotopic (exact) mass is 302 g/mol. The van der Waals surface area contributed by atoms with Gasteiger partial charge in [-0.1, -0.05) is 0 Å². The first-order chi connectivity index (χ1) is 9.77. The second-order valence-electron chi connectivity index (χ2n) is 6.58. The summed E-state index contributed by atoms with van der Waals surface area (Å²) in [5, 5.41) is 7.08. The largest absolute Gasteiger partial charge is 0.314 e. The maximum Gasteiger partial charge on any atom is 0.0741 e. The van der Waals surface area contributed by atoms with Gasteiger partial charge in [0.15, 0.2) is 0 Å². The Balaban J connectivity index is 3.68. The highest BCUT2D eigenvalue weighted by Crippen LogP contribution is 1.96. The quantitative estimate of drug-likeness (QED) is 0.372. The Morgan fingerprint density at radius 1 is 0.571 bits per heavy atom. The van der Waals surface area contributed by atoms with Gasteiger partial charge in [0, 0.05) is 13.1 Å². The third-order valence-electron chi connectivity index (χ3n) is 3.75. The SMILES string of the molecule is CN(C)C(CNCCCNCC(N(C)C)N(C)C)N(C)C. The zero-order valence-corrected chi connectivity index (χ0v) is 15.5. The minimum atomic E-state index is 0.449. The van der Waals surface area contributed by atoms with Crippen LogP contribution in [0.4, 0.5) is 0 Å². The van der Waals surface area contributed by atoms with E-state index >= 15 is 0 Å². The molecule has 0 bridgehead atoms. The van der Waals surface area contributed by atoms with Gasteiger partial charge in [0.25, 0.3) is 0 Å². The Bertz CT molecular complexity index is 202. The van der Waals surface area contributed by atoms with E-state index in [9.17, 15) is 0 Å². The van der Waals surface area contributed by atoms with Crippen LogP contribution in [-0.2, 0) is 0 Å². The summed E-state index contributed by atoms with van der Waals surface area (Å²) in [6.07, 6.45) is 2.05. The Morgan fingerprint density at radius 2 is 0.857 bits per heavy atom. The molecule has 0 aliphatic carbocycles. The van der Waals surface area contributed by atoms with Crippen LogP contribution in [0.2, 0.25) is 0 Å². The summed E-state index contributed by atoms with van der Waals surface area (Å²) in [5.41, 5.74) is 0. The van der Waals surface area contributed by atoms with Gasteiger partial charge in [-0.05, 0) is 75.9 Å². The minimum Gasteiger partial charge on any atom is -0.314 e. The molecule has 0 aromatic carbocycles. The van der Waals surface area contributed by atoms with E-state index in [1.54, 1.807) is 0 Å². The average molecular weight is 303 g/mol. The molecule has 0 saturated heterocycles. The molecule has 0 atom stereocenters. The molecule has 0 aliphatic heterocycles. The molecular weight excluding hydrogens is 264 g/mol. The topological polar surface area (TPSA) is 37.0 Å². The van der Waals surface area contributed by atoms with E-state index < -0.39 is 0 Å².